The highest BCUT2D eigenvalue weighted by molar-refractivity contribution is 5.89. The molecule has 1 fully saturated rings. The molecule has 0 N–H and O–H groups in total. The number of nitrogens with zero attached hydrogens (tertiary/aromatic N) is 4. The summed E-state index contributed by atoms with van der Waals surface area (Å²) in [6.45, 7) is 9.64. The molecule has 172 valence electrons. The lowest BCUT2D eigenvalue weighted by atomic mass is 10.1. The van der Waals surface area contributed by atoms with Crippen LogP contribution in [0.15, 0.2) is 48.5 Å². The molecule has 0 saturated carbocycles. The number of carbonyl (C=O) groups excluding carboxylic acids is 2. The van der Waals surface area contributed by atoms with E-state index >= 15 is 0 Å². The highest BCUT2D eigenvalue weighted by atomic mass is 16.2. The van der Waals surface area contributed by atoms with E-state index in [9.17, 15) is 9.59 Å². The van der Waals surface area contributed by atoms with Gasteiger partial charge in [-0.1, -0.05) is 48.0 Å². The van der Waals surface area contributed by atoms with Gasteiger partial charge in [0.2, 0.25) is 11.8 Å². The fourth-order valence-electron chi connectivity index (χ4n) is 4.57. The molecule has 0 radical (unpaired) electrons. The van der Waals surface area contributed by atoms with Gasteiger partial charge in [0.25, 0.3) is 0 Å². The highest BCUT2D eigenvalue weighted by Gasteiger charge is 2.36. The van der Waals surface area contributed by atoms with Crippen molar-refractivity contribution in [3.63, 3.8) is 0 Å². The topological polar surface area (TPSA) is 58.4 Å². The van der Waals surface area contributed by atoms with Crippen molar-refractivity contribution in [3.8, 4) is 5.69 Å². The smallest absolute Gasteiger partial charge is 0.228 e. The van der Waals surface area contributed by atoms with Crippen molar-refractivity contribution in [2.24, 2.45) is 5.92 Å². The summed E-state index contributed by atoms with van der Waals surface area (Å²) in [4.78, 5) is 29.3. The normalized spacial score (nSPS) is 15.8. The SMILES string of the molecule is Cc1ccc(CN2CC(C(=O)N(C)Cc3c(C)nn(-c4ccccc4C)c3C)CC2=O)cc1. The van der Waals surface area contributed by atoms with Gasteiger partial charge in [-0.05, 0) is 44.9 Å². The lowest BCUT2D eigenvalue weighted by Crippen LogP contribution is -2.34. The Bertz CT molecular complexity index is 1180. The van der Waals surface area contributed by atoms with Crippen molar-refractivity contribution in [2.75, 3.05) is 13.6 Å². The zero-order valence-electron chi connectivity index (χ0n) is 20.1. The van der Waals surface area contributed by atoms with Crippen LogP contribution in [0.1, 0.15) is 40.1 Å². The van der Waals surface area contributed by atoms with Crippen LogP contribution >= 0.6 is 0 Å². The van der Waals surface area contributed by atoms with Crippen LogP contribution < -0.4 is 0 Å². The lowest BCUT2D eigenvalue weighted by molar-refractivity contribution is -0.135. The van der Waals surface area contributed by atoms with Crippen LogP contribution in [0.25, 0.3) is 5.69 Å². The maximum atomic E-state index is 13.2. The van der Waals surface area contributed by atoms with Gasteiger partial charge in [-0.3, -0.25) is 9.59 Å². The Morgan fingerprint density at radius 2 is 1.76 bits per heavy atom. The molecule has 6 nitrogen and oxygen atoms in total. The van der Waals surface area contributed by atoms with Gasteiger partial charge in [0.05, 0.1) is 17.3 Å². The summed E-state index contributed by atoms with van der Waals surface area (Å²) in [5, 5.41) is 4.74. The number of hydrogen-bond acceptors (Lipinski definition) is 3. The minimum atomic E-state index is -0.306. The quantitative estimate of drug-likeness (QED) is 0.575. The van der Waals surface area contributed by atoms with Gasteiger partial charge in [-0.15, -0.1) is 0 Å². The third-order valence-corrected chi connectivity index (χ3v) is 6.61. The Hall–Kier alpha value is -3.41. The summed E-state index contributed by atoms with van der Waals surface area (Å²) in [5.41, 5.74) is 7.48. The zero-order valence-corrected chi connectivity index (χ0v) is 20.1. The van der Waals surface area contributed by atoms with E-state index < -0.39 is 0 Å². The van der Waals surface area contributed by atoms with E-state index in [1.54, 1.807) is 9.80 Å². The number of benzene rings is 2. The summed E-state index contributed by atoms with van der Waals surface area (Å²) in [6.07, 6.45) is 0.273. The largest absolute Gasteiger partial charge is 0.341 e. The number of hydrogen-bond donors (Lipinski definition) is 0. The van der Waals surface area contributed by atoms with Gasteiger partial charge < -0.3 is 9.80 Å². The maximum Gasteiger partial charge on any atom is 0.228 e. The standard InChI is InChI=1S/C27H32N4O2/c1-18-10-12-22(13-11-18)15-30-16-23(14-26(30)32)27(33)29(5)17-24-20(3)28-31(21(24)4)25-9-7-6-8-19(25)2/h6-13,23H,14-17H2,1-5H3. The molecule has 1 aliphatic rings. The van der Waals surface area contributed by atoms with Crippen molar-refractivity contribution in [1.29, 1.82) is 0 Å². The summed E-state index contributed by atoms with van der Waals surface area (Å²) in [7, 11) is 1.82. The Labute approximate surface area is 195 Å². The lowest BCUT2D eigenvalue weighted by Gasteiger charge is -2.22. The maximum absolute atomic E-state index is 13.2. The summed E-state index contributed by atoms with van der Waals surface area (Å²) >= 11 is 0. The van der Waals surface area contributed by atoms with E-state index in [0.717, 1.165) is 33.8 Å². The minimum absolute atomic E-state index is 0.0113. The van der Waals surface area contributed by atoms with E-state index in [0.29, 0.717) is 19.6 Å². The van der Waals surface area contributed by atoms with E-state index in [1.165, 1.54) is 5.56 Å². The summed E-state index contributed by atoms with van der Waals surface area (Å²) in [6, 6.07) is 16.3. The first-order valence-corrected chi connectivity index (χ1v) is 11.4. The van der Waals surface area contributed by atoms with Gasteiger partial charge in [-0.2, -0.15) is 5.10 Å². The van der Waals surface area contributed by atoms with Crippen LogP contribution in [0.5, 0.6) is 0 Å². The number of para-hydroxylation sites is 1. The molecule has 4 rings (SSSR count). The van der Waals surface area contributed by atoms with Crippen molar-refractivity contribution in [2.45, 2.75) is 47.2 Å². The van der Waals surface area contributed by atoms with Crippen LogP contribution in [0.4, 0.5) is 0 Å². The van der Waals surface area contributed by atoms with Gasteiger partial charge in [-0.25, -0.2) is 4.68 Å². The molecule has 3 aromatic rings. The third-order valence-electron chi connectivity index (χ3n) is 6.61. The molecule has 1 atom stereocenters. The molecule has 33 heavy (non-hydrogen) atoms. The van der Waals surface area contributed by atoms with Crippen LogP contribution in [-0.4, -0.2) is 45.0 Å². The molecule has 1 aliphatic heterocycles. The molecule has 1 aromatic heterocycles. The molecule has 1 unspecified atom stereocenters. The second-order valence-electron chi connectivity index (χ2n) is 9.20. The molecule has 1 saturated heterocycles. The number of amides is 2. The van der Waals surface area contributed by atoms with Crippen LogP contribution in [0, 0.1) is 33.6 Å². The molecular formula is C27H32N4O2. The summed E-state index contributed by atoms with van der Waals surface area (Å²) < 4.78 is 1.96. The molecule has 2 heterocycles. The first kappa shape index (κ1) is 22.8. The molecule has 0 aliphatic carbocycles. The summed E-state index contributed by atoms with van der Waals surface area (Å²) in [5.74, 6) is -0.251. The molecule has 6 heteroatoms. The molecular weight excluding hydrogens is 412 g/mol. The van der Waals surface area contributed by atoms with Gasteiger partial charge in [0.15, 0.2) is 0 Å². The van der Waals surface area contributed by atoms with Crippen molar-refractivity contribution in [1.82, 2.24) is 19.6 Å². The second kappa shape index (κ2) is 9.22. The Morgan fingerprint density at radius 3 is 2.45 bits per heavy atom. The Kier molecular flexibility index (Phi) is 6.36. The molecule has 2 amide bonds. The monoisotopic (exact) mass is 444 g/mol. The zero-order chi connectivity index (χ0) is 23.7. The van der Waals surface area contributed by atoms with Crippen LogP contribution in [-0.2, 0) is 22.7 Å². The van der Waals surface area contributed by atoms with Gasteiger partial charge in [0, 0.05) is 44.4 Å². The predicted octanol–water partition coefficient (Wildman–Crippen LogP) is 4.11. The van der Waals surface area contributed by atoms with Crippen LogP contribution in [0.3, 0.4) is 0 Å². The second-order valence-corrected chi connectivity index (χ2v) is 9.20. The number of rotatable bonds is 6. The molecule has 2 aromatic carbocycles. The first-order valence-electron chi connectivity index (χ1n) is 11.4. The Balaban J connectivity index is 1.44. The van der Waals surface area contributed by atoms with Crippen molar-refractivity contribution in [3.05, 3.63) is 82.2 Å². The number of aromatic nitrogens is 2. The molecule has 0 spiro atoms. The third kappa shape index (κ3) is 4.70. The Morgan fingerprint density at radius 1 is 1.06 bits per heavy atom. The number of likely N-dealkylation sites (tertiary alicyclic amines) is 1. The minimum Gasteiger partial charge on any atom is -0.341 e. The number of aryl methyl sites for hydroxylation is 3. The average Bonchev–Trinajstić information content (AvgIpc) is 3.29. The first-order chi connectivity index (χ1) is 15.7. The average molecular weight is 445 g/mol. The van der Waals surface area contributed by atoms with E-state index in [4.69, 9.17) is 5.10 Å². The van der Waals surface area contributed by atoms with E-state index in [2.05, 4.69) is 19.1 Å². The fourth-order valence-corrected chi connectivity index (χ4v) is 4.57. The van der Waals surface area contributed by atoms with Gasteiger partial charge >= 0.3 is 0 Å². The fraction of sp³-hybridized carbons (Fsp3) is 0.370. The van der Waals surface area contributed by atoms with Crippen LogP contribution in [0.2, 0.25) is 0 Å². The van der Waals surface area contributed by atoms with Crippen molar-refractivity contribution < 1.29 is 9.59 Å². The predicted molar refractivity (Wildman–Crippen MR) is 129 cm³/mol. The van der Waals surface area contributed by atoms with Gasteiger partial charge in [0.1, 0.15) is 0 Å². The highest BCUT2D eigenvalue weighted by Crippen LogP contribution is 2.25. The molecule has 0 bridgehead atoms. The van der Waals surface area contributed by atoms with Crippen molar-refractivity contribution >= 4 is 11.8 Å². The van der Waals surface area contributed by atoms with E-state index in [-0.39, 0.29) is 24.2 Å². The number of carbonyl (C=O) groups is 2. The van der Waals surface area contributed by atoms with E-state index in [1.807, 2.05) is 68.9 Å².